The zero-order valence-corrected chi connectivity index (χ0v) is 13.7. The van der Waals surface area contributed by atoms with E-state index in [1.165, 1.54) is 0 Å². The molecule has 122 valence electrons. The van der Waals surface area contributed by atoms with Gasteiger partial charge in [0.25, 0.3) is 0 Å². The molecule has 0 saturated heterocycles. The smallest absolute Gasteiger partial charge is 0.226 e. The quantitative estimate of drug-likeness (QED) is 0.720. The summed E-state index contributed by atoms with van der Waals surface area (Å²) in [7, 11) is 1.54. The minimum atomic E-state index is -0.582. The largest absolute Gasteiger partial charge is 0.495 e. The second-order valence-corrected chi connectivity index (χ2v) is 6.39. The highest BCUT2D eigenvalue weighted by atomic mass is 35.5. The highest BCUT2D eigenvalue weighted by Gasteiger charge is 2.34. The second kappa shape index (κ2) is 7.31. The summed E-state index contributed by atoms with van der Waals surface area (Å²) in [4.78, 5) is 12.1. The van der Waals surface area contributed by atoms with Crippen LogP contribution >= 0.6 is 11.6 Å². The van der Waals surface area contributed by atoms with Crippen LogP contribution in [0.4, 0.5) is 5.69 Å². The van der Waals surface area contributed by atoms with E-state index in [0.29, 0.717) is 29.4 Å². The topological polar surface area (TPSA) is 70.6 Å². The minimum Gasteiger partial charge on any atom is -0.495 e. The van der Waals surface area contributed by atoms with Crippen LogP contribution in [-0.2, 0) is 4.79 Å². The maximum absolute atomic E-state index is 12.1. The Balaban J connectivity index is 1.83. The van der Waals surface area contributed by atoms with E-state index in [9.17, 15) is 9.90 Å². The number of ether oxygens (including phenoxy) is 1. The van der Waals surface area contributed by atoms with Crippen molar-refractivity contribution in [3.63, 3.8) is 0 Å². The lowest BCUT2D eigenvalue weighted by atomic mass is 9.80. The van der Waals surface area contributed by atoms with Gasteiger partial charge in [0.05, 0.1) is 18.4 Å². The molecule has 0 heterocycles. The van der Waals surface area contributed by atoms with Gasteiger partial charge in [0.2, 0.25) is 5.91 Å². The van der Waals surface area contributed by atoms with E-state index in [-0.39, 0.29) is 11.9 Å². The summed E-state index contributed by atoms with van der Waals surface area (Å²) in [5, 5.41) is 16.6. The van der Waals surface area contributed by atoms with Crippen molar-refractivity contribution in [1.82, 2.24) is 5.32 Å². The highest BCUT2D eigenvalue weighted by molar-refractivity contribution is 6.31. The minimum absolute atomic E-state index is 0.0187. The van der Waals surface area contributed by atoms with E-state index >= 15 is 0 Å². The summed E-state index contributed by atoms with van der Waals surface area (Å²) in [6, 6.07) is 5.06. The fourth-order valence-corrected chi connectivity index (χ4v) is 2.63. The number of rotatable bonds is 7. The second-order valence-electron chi connectivity index (χ2n) is 5.96. The van der Waals surface area contributed by atoms with Gasteiger partial charge in [-0.2, -0.15) is 0 Å². The van der Waals surface area contributed by atoms with Crippen molar-refractivity contribution < 1.29 is 14.6 Å². The SMILES string of the molecule is COc1ccc(Cl)cc1NC(=O)CC(C)NCC1(O)CCC1. The van der Waals surface area contributed by atoms with E-state index < -0.39 is 5.60 Å². The van der Waals surface area contributed by atoms with Crippen LogP contribution < -0.4 is 15.4 Å². The molecule has 1 saturated carbocycles. The fraction of sp³-hybridized carbons (Fsp3) is 0.562. The molecule has 0 aliphatic heterocycles. The van der Waals surface area contributed by atoms with Crippen molar-refractivity contribution in [2.45, 2.75) is 44.2 Å². The van der Waals surface area contributed by atoms with Crippen molar-refractivity contribution in [3.05, 3.63) is 23.2 Å². The number of anilines is 1. The van der Waals surface area contributed by atoms with Crippen LogP contribution in [0.25, 0.3) is 0 Å². The zero-order chi connectivity index (χ0) is 16.2. The molecule has 1 aromatic carbocycles. The lowest BCUT2D eigenvalue weighted by molar-refractivity contribution is -0.116. The molecular weight excluding hydrogens is 304 g/mol. The third-order valence-electron chi connectivity index (χ3n) is 3.99. The van der Waals surface area contributed by atoms with Crippen molar-refractivity contribution in [3.8, 4) is 5.75 Å². The van der Waals surface area contributed by atoms with Crippen LogP contribution in [0.1, 0.15) is 32.6 Å². The number of hydrogen-bond acceptors (Lipinski definition) is 4. The lowest BCUT2D eigenvalue weighted by Gasteiger charge is -2.37. The Morgan fingerprint density at radius 2 is 2.23 bits per heavy atom. The molecule has 1 aromatic rings. The van der Waals surface area contributed by atoms with Crippen LogP contribution in [0, 0.1) is 0 Å². The third kappa shape index (κ3) is 4.60. The van der Waals surface area contributed by atoms with Crippen LogP contribution in [0.3, 0.4) is 0 Å². The van der Waals surface area contributed by atoms with E-state index in [2.05, 4.69) is 10.6 Å². The Bertz CT molecular complexity index is 532. The molecule has 1 atom stereocenters. The maximum Gasteiger partial charge on any atom is 0.226 e. The van der Waals surface area contributed by atoms with Gasteiger partial charge < -0.3 is 20.5 Å². The van der Waals surface area contributed by atoms with E-state index in [0.717, 1.165) is 19.3 Å². The van der Waals surface area contributed by atoms with Crippen molar-refractivity contribution in [1.29, 1.82) is 0 Å². The number of carbonyl (C=O) groups excluding carboxylic acids is 1. The molecule has 1 aliphatic carbocycles. The summed E-state index contributed by atoms with van der Waals surface area (Å²) in [6.45, 7) is 2.46. The van der Waals surface area contributed by atoms with Gasteiger partial charge in [0.15, 0.2) is 0 Å². The molecule has 1 unspecified atom stereocenters. The molecule has 0 spiro atoms. The van der Waals surface area contributed by atoms with Crippen LogP contribution in [0.5, 0.6) is 5.75 Å². The number of aliphatic hydroxyl groups is 1. The summed E-state index contributed by atoms with van der Waals surface area (Å²) in [5.41, 5.74) is -0.0224. The number of hydrogen-bond donors (Lipinski definition) is 3. The average Bonchev–Trinajstić information content (AvgIpc) is 2.43. The van der Waals surface area contributed by atoms with Crippen LogP contribution in [0.15, 0.2) is 18.2 Å². The van der Waals surface area contributed by atoms with Gasteiger partial charge in [0, 0.05) is 24.0 Å². The van der Waals surface area contributed by atoms with Crippen LogP contribution in [-0.4, -0.2) is 36.3 Å². The molecule has 0 radical (unpaired) electrons. The van der Waals surface area contributed by atoms with E-state index in [1.54, 1.807) is 25.3 Å². The van der Waals surface area contributed by atoms with Gasteiger partial charge in [0.1, 0.15) is 5.75 Å². The van der Waals surface area contributed by atoms with Gasteiger partial charge in [-0.15, -0.1) is 0 Å². The lowest BCUT2D eigenvalue weighted by Crippen LogP contribution is -2.48. The van der Waals surface area contributed by atoms with Crippen LogP contribution in [0.2, 0.25) is 5.02 Å². The first-order chi connectivity index (χ1) is 10.4. The van der Waals surface area contributed by atoms with Crippen molar-refractivity contribution >= 4 is 23.2 Å². The number of benzene rings is 1. The van der Waals surface area contributed by atoms with Gasteiger partial charge in [-0.25, -0.2) is 0 Å². The number of nitrogens with one attached hydrogen (secondary N) is 2. The number of amides is 1. The Kier molecular flexibility index (Phi) is 5.67. The Hall–Kier alpha value is -1.30. The van der Waals surface area contributed by atoms with Gasteiger partial charge in [-0.3, -0.25) is 4.79 Å². The number of halogens is 1. The standard InChI is InChI=1S/C16H23ClN2O3/c1-11(18-10-16(21)6-3-7-16)8-15(20)19-13-9-12(17)4-5-14(13)22-2/h4-5,9,11,18,21H,3,6-8,10H2,1-2H3,(H,19,20). The number of methoxy groups -OCH3 is 1. The van der Waals surface area contributed by atoms with Crippen molar-refractivity contribution in [2.75, 3.05) is 19.0 Å². The Morgan fingerprint density at radius 1 is 1.50 bits per heavy atom. The molecular formula is C16H23ClN2O3. The van der Waals surface area contributed by atoms with Gasteiger partial charge >= 0.3 is 0 Å². The first-order valence-corrected chi connectivity index (χ1v) is 7.89. The summed E-state index contributed by atoms with van der Waals surface area (Å²) >= 11 is 5.94. The summed E-state index contributed by atoms with van der Waals surface area (Å²) < 4.78 is 5.20. The molecule has 0 aromatic heterocycles. The Labute approximate surface area is 136 Å². The highest BCUT2D eigenvalue weighted by Crippen LogP contribution is 2.31. The van der Waals surface area contributed by atoms with E-state index in [1.807, 2.05) is 6.92 Å². The first kappa shape index (κ1) is 17.1. The predicted octanol–water partition coefficient (Wildman–Crippen LogP) is 2.57. The van der Waals surface area contributed by atoms with Gasteiger partial charge in [-0.05, 0) is 44.4 Å². The monoisotopic (exact) mass is 326 g/mol. The predicted molar refractivity (Wildman–Crippen MR) is 87.5 cm³/mol. The molecule has 1 amide bonds. The van der Waals surface area contributed by atoms with E-state index in [4.69, 9.17) is 16.3 Å². The molecule has 2 rings (SSSR count). The molecule has 6 heteroatoms. The summed E-state index contributed by atoms with van der Waals surface area (Å²) in [5.74, 6) is 0.448. The molecule has 5 nitrogen and oxygen atoms in total. The number of carbonyl (C=O) groups is 1. The molecule has 1 fully saturated rings. The molecule has 0 bridgehead atoms. The molecule has 1 aliphatic rings. The van der Waals surface area contributed by atoms with Crippen molar-refractivity contribution in [2.24, 2.45) is 0 Å². The van der Waals surface area contributed by atoms with Gasteiger partial charge in [-0.1, -0.05) is 11.6 Å². The third-order valence-corrected chi connectivity index (χ3v) is 4.23. The molecule has 22 heavy (non-hydrogen) atoms. The maximum atomic E-state index is 12.1. The normalized spacial score (nSPS) is 17.5. The first-order valence-electron chi connectivity index (χ1n) is 7.51. The zero-order valence-electron chi connectivity index (χ0n) is 13.0. The Morgan fingerprint density at radius 3 is 2.82 bits per heavy atom. The molecule has 3 N–H and O–H groups in total. The summed E-state index contributed by atoms with van der Waals surface area (Å²) in [6.07, 6.45) is 3.05. The average molecular weight is 327 g/mol. The fourth-order valence-electron chi connectivity index (χ4n) is 2.46.